The number of fused-ring (bicyclic) bond motifs is 1. The number of nitrogens with zero attached hydrogens (tertiary/aromatic N) is 4. The lowest BCUT2D eigenvalue weighted by Gasteiger charge is -2.32. The van der Waals surface area contributed by atoms with Gasteiger partial charge in [-0.05, 0) is 75.4 Å². The molecule has 1 heterocycles. The number of likely N-dealkylation sites (N-methyl/N-ethyl adjacent to an activating group) is 1. The van der Waals surface area contributed by atoms with Crippen molar-refractivity contribution in [1.29, 1.82) is 0 Å². The minimum atomic E-state index is -0.613. The summed E-state index contributed by atoms with van der Waals surface area (Å²) in [6.45, 7) is 13.2. The second-order valence-corrected chi connectivity index (χ2v) is 12.8. The van der Waals surface area contributed by atoms with Gasteiger partial charge in [0.1, 0.15) is 5.60 Å². The van der Waals surface area contributed by atoms with E-state index in [9.17, 15) is 14.4 Å². The monoisotopic (exact) mass is 613 g/mol. The Morgan fingerprint density at radius 3 is 2.11 bits per heavy atom. The first-order valence-electron chi connectivity index (χ1n) is 15.6. The van der Waals surface area contributed by atoms with Gasteiger partial charge in [0.15, 0.2) is 0 Å². The second kappa shape index (κ2) is 14.6. The number of anilines is 1. The Hall–Kier alpha value is -4.37. The predicted octanol–water partition coefficient (Wildman–Crippen LogP) is 5.62. The fraction of sp³-hybridized carbons (Fsp3) is 0.417. The van der Waals surface area contributed by atoms with E-state index in [2.05, 4.69) is 23.5 Å². The molecule has 0 spiro atoms. The second-order valence-electron chi connectivity index (χ2n) is 12.8. The third-order valence-electron chi connectivity index (χ3n) is 7.85. The van der Waals surface area contributed by atoms with Crippen LogP contribution in [0, 0.1) is 6.92 Å². The molecule has 0 bridgehead atoms. The molecule has 4 rings (SSSR count). The highest BCUT2D eigenvalue weighted by Gasteiger charge is 2.28. The SMILES string of the molecule is Cc1ccc(-c2ccccc2)cc1N(CC(=O)NCCN(C(=O)OC(C)(C)C)C(C)C)CC(=O)N(C)N1Cc2ccccc2C1. The fourth-order valence-corrected chi connectivity index (χ4v) is 5.36. The van der Waals surface area contributed by atoms with Crippen molar-refractivity contribution < 1.29 is 19.1 Å². The molecule has 1 aliphatic heterocycles. The van der Waals surface area contributed by atoms with E-state index >= 15 is 0 Å². The summed E-state index contributed by atoms with van der Waals surface area (Å²) in [5, 5.41) is 6.65. The highest BCUT2D eigenvalue weighted by atomic mass is 16.6. The van der Waals surface area contributed by atoms with Gasteiger partial charge in [-0.15, -0.1) is 0 Å². The zero-order valence-electron chi connectivity index (χ0n) is 27.7. The maximum absolute atomic E-state index is 13.7. The van der Waals surface area contributed by atoms with E-state index in [0.29, 0.717) is 19.6 Å². The van der Waals surface area contributed by atoms with Crippen LogP contribution in [-0.4, -0.2) is 77.7 Å². The number of hydrogen-bond acceptors (Lipinski definition) is 6. The van der Waals surface area contributed by atoms with Crippen molar-refractivity contribution in [3.63, 3.8) is 0 Å². The zero-order valence-corrected chi connectivity index (χ0v) is 27.7. The highest BCUT2D eigenvalue weighted by Crippen LogP contribution is 2.29. The van der Waals surface area contributed by atoms with E-state index in [0.717, 1.165) is 22.4 Å². The molecule has 3 amide bonds. The molecule has 45 heavy (non-hydrogen) atoms. The van der Waals surface area contributed by atoms with Crippen LogP contribution in [0.4, 0.5) is 10.5 Å². The quantitative estimate of drug-likeness (QED) is 0.302. The number of amides is 3. The molecule has 0 aromatic heterocycles. The van der Waals surface area contributed by atoms with Crippen LogP contribution in [0.1, 0.15) is 51.3 Å². The number of rotatable bonds is 11. The van der Waals surface area contributed by atoms with Crippen LogP contribution in [0.15, 0.2) is 72.8 Å². The molecule has 0 atom stereocenters. The number of ether oxygens (including phenoxy) is 1. The smallest absolute Gasteiger partial charge is 0.410 e. The van der Waals surface area contributed by atoms with Gasteiger partial charge in [-0.3, -0.25) is 14.6 Å². The summed E-state index contributed by atoms with van der Waals surface area (Å²) in [5.41, 5.74) is 5.64. The number of hydrazine groups is 1. The Morgan fingerprint density at radius 1 is 0.889 bits per heavy atom. The first-order chi connectivity index (χ1) is 21.3. The minimum Gasteiger partial charge on any atom is -0.444 e. The number of nitrogens with one attached hydrogen (secondary N) is 1. The van der Waals surface area contributed by atoms with Crippen LogP contribution in [0.3, 0.4) is 0 Å². The lowest BCUT2D eigenvalue weighted by atomic mass is 10.0. The Balaban J connectivity index is 1.50. The number of carbonyl (C=O) groups is 3. The van der Waals surface area contributed by atoms with Crippen molar-refractivity contribution in [3.05, 3.63) is 89.5 Å². The minimum absolute atomic E-state index is 0.0197. The number of carbonyl (C=O) groups excluding carboxylic acids is 3. The molecule has 9 nitrogen and oxygen atoms in total. The van der Waals surface area contributed by atoms with Gasteiger partial charge < -0.3 is 19.9 Å². The fourth-order valence-electron chi connectivity index (χ4n) is 5.36. The van der Waals surface area contributed by atoms with Gasteiger partial charge in [-0.25, -0.2) is 9.80 Å². The third-order valence-corrected chi connectivity index (χ3v) is 7.85. The average molecular weight is 614 g/mol. The van der Waals surface area contributed by atoms with Crippen molar-refractivity contribution in [3.8, 4) is 11.1 Å². The lowest BCUT2D eigenvalue weighted by Crippen LogP contribution is -2.49. The van der Waals surface area contributed by atoms with Crippen LogP contribution in [0.25, 0.3) is 11.1 Å². The van der Waals surface area contributed by atoms with Crippen LogP contribution >= 0.6 is 0 Å². The summed E-state index contributed by atoms with van der Waals surface area (Å²) in [6.07, 6.45) is -0.417. The Bertz CT molecular complexity index is 1460. The van der Waals surface area contributed by atoms with Gasteiger partial charge in [0.25, 0.3) is 5.91 Å². The molecule has 240 valence electrons. The Labute approximate surface area is 267 Å². The maximum Gasteiger partial charge on any atom is 0.410 e. The molecule has 3 aromatic rings. The van der Waals surface area contributed by atoms with E-state index in [1.807, 2.05) is 106 Å². The Morgan fingerprint density at radius 2 is 1.51 bits per heavy atom. The normalized spacial score (nSPS) is 12.9. The summed E-state index contributed by atoms with van der Waals surface area (Å²) in [4.78, 5) is 43.3. The molecule has 0 unspecified atom stereocenters. The van der Waals surface area contributed by atoms with Gasteiger partial charge in [0.2, 0.25) is 5.91 Å². The van der Waals surface area contributed by atoms with Crippen molar-refractivity contribution in [1.82, 2.24) is 20.2 Å². The maximum atomic E-state index is 13.7. The number of hydrogen-bond donors (Lipinski definition) is 1. The molecule has 0 aliphatic carbocycles. The molecular weight excluding hydrogens is 566 g/mol. The third kappa shape index (κ3) is 9.08. The van der Waals surface area contributed by atoms with Gasteiger partial charge in [0.05, 0.1) is 13.1 Å². The topological polar surface area (TPSA) is 85.4 Å². The van der Waals surface area contributed by atoms with Crippen LogP contribution in [0.5, 0.6) is 0 Å². The molecule has 0 radical (unpaired) electrons. The molecule has 3 aromatic carbocycles. The summed E-state index contributed by atoms with van der Waals surface area (Å²) in [5.74, 6) is -0.354. The molecule has 9 heteroatoms. The van der Waals surface area contributed by atoms with E-state index in [1.54, 1.807) is 17.0 Å². The lowest BCUT2D eigenvalue weighted by molar-refractivity contribution is -0.145. The van der Waals surface area contributed by atoms with E-state index in [1.165, 1.54) is 11.1 Å². The van der Waals surface area contributed by atoms with Crippen LogP contribution in [0.2, 0.25) is 0 Å². The summed E-state index contributed by atoms with van der Waals surface area (Å²) in [7, 11) is 1.79. The van der Waals surface area contributed by atoms with Crippen LogP contribution in [-0.2, 0) is 27.4 Å². The molecule has 0 fully saturated rings. The zero-order chi connectivity index (χ0) is 32.7. The summed E-state index contributed by atoms with van der Waals surface area (Å²) < 4.78 is 5.55. The molecule has 1 aliphatic rings. The van der Waals surface area contributed by atoms with Crippen molar-refractivity contribution in [2.24, 2.45) is 0 Å². The van der Waals surface area contributed by atoms with Gasteiger partial charge in [0, 0.05) is 45.0 Å². The van der Waals surface area contributed by atoms with Gasteiger partial charge in [-0.1, -0.05) is 66.7 Å². The van der Waals surface area contributed by atoms with Crippen molar-refractivity contribution >= 4 is 23.6 Å². The average Bonchev–Trinajstić information content (AvgIpc) is 3.42. The molecule has 1 N–H and O–H groups in total. The van der Waals surface area contributed by atoms with Crippen LogP contribution < -0.4 is 10.2 Å². The summed E-state index contributed by atoms with van der Waals surface area (Å²) >= 11 is 0. The number of benzene rings is 3. The van der Waals surface area contributed by atoms with E-state index in [-0.39, 0.29) is 37.5 Å². The molecule has 0 saturated carbocycles. The largest absolute Gasteiger partial charge is 0.444 e. The van der Waals surface area contributed by atoms with Gasteiger partial charge >= 0.3 is 6.09 Å². The van der Waals surface area contributed by atoms with E-state index < -0.39 is 11.7 Å². The van der Waals surface area contributed by atoms with Crippen molar-refractivity contribution in [2.45, 2.75) is 66.3 Å². The van der Waals surface area contributed by atoms with Crippen molar-refractivity contribution in [2.75, 3.05) is 38.1 Å². The summed E-state index contributed by atoms with van der Waals surface area (Å²) in [6, 6.07) is 24.3. The standard InChI is InChI=1S/C36H47N5O4/c1-26(2)41(35(44)45-36(4,5)6)20-19-37-33(42)24-39(32-21-29(18-17-27(32)3)28-13-9-8-10-14-28)25-34(43)38(7)40-22-30-15-11-12-16-31(30)23-40/h8-18,21,26H,19-20,22-25H2,1-7H3,(H,37,42). The Kier molecular flexibility index (Phi) is 10.9. The first-order valence-corrected chi connectivity index (χ1v) is 15.6. The van der Waals surface area contributed by atoms with Gasteiger partial charge in [-0.2, -0.15) is 0 Å². The highest BCUT2D eigenvalue weighted by molar-refractivity contribution is 5.87. The molecular formula is C36H47N5O4. The molecule has 0 saturated heterocycles. The van der Waals surface area contributed by atoms with E-state index in [4.69, 9.17) is 4.74 Å². The predicted molar refractivity (Wildman–Crippen MR) is 178 cm³/mol. The first kappa shape index (κ1) is 33.5. The number of aryl methyl sites for hydroxylation is 1.